The minimum Gasteiger partial charge on any atom is -0.406 e. The average Bonchev–Trinajstić information content (AvgIpc) is 3.08. The van der Waals surface area contributed by atoms with Crippen LogP contribution >= 0.6 is 0 Å². The molecule has 10 heteroatoms. The molecule has 3 aromatic rings. The first kappa shape index (κ1) is 26.0. The van der Waals surface area contributed by atoms with Gasteiger partial charge in [0.25, 0.3) is 5.91 Å². The molecule has 1 unspecified atom stereocenters. The number of halogens is 3. The number of nitrogens with zero attached hydrogens (tertiary/aromatic N) is 3. The van der Waals surface area contributed by atoms with Crippen LogP contribution in [0.25, 0.3) is 0 Å². The van der Waals surface area contributed by atoms with Crippen LogP contribution in [0.2, 0.25) is 0 Å². The summed E-state index contributed by atoms with van der Waals surface area (Å²) >= 11 is 0. The molecule has 37 heavy (non-hydrogen) atoms. The topological polar surface area (TPSA) is 89.5 Å². The number of aryl methyl sites for hydroxylation is 1. The molecule has 0 aliphatic carbocycles. The van der Waals surface area contributed by atoms with Crippen molar-refractivity contribution in [2.75, 3.05) is 4.90 Å². The maximum absolute atomic E-state index is 13.6. The minimum absolute atomic E-state index is 0.0444. The predicted molar refractivity (Wildman–Crippen MR) is 128 cm³/mol. The zero-order valence-electron chi connectivity index (χ0n) is 20.5. The summed E-state index contributed by atoms with van der Waals surface area (Å²) < 4.78 is 41.8. The Labute approximate surface area is 211 Å². The van der Waals surface area contributed by atoms with Crippen molar-refractivity contribution in [1.29, 1.82) is 0 Å². The van der Waals surface area contributed by atoms with E-state index in [4.69, 9.17) is 0 Å². The van der Waals surface area contributed by atoms with Crippen LogP contribution in [0.3, 0.4) is 0 Å². The van der Waals surface area contributed by atoms with Crippen molar-refractivity contribution < 1.29 is 32.3 Å². The highest BCUT2D eigenvalue weighted by Gasteiger charge is 2.53. The number of rotatable bonds is 5. The second-order valence-electron chi connectivity index (χ2n) is 9.80. The van der Waals surface area contributed by atoms with Crippen LogP contribution < -0.4 is 9.64 Å². The normalized spacial score (nSPS) is 18.3. The number of carbonyl (C=O) groups excluding carboxylic acids is 3. The minimum atomic E-state index is -4.89. The number of hydrogen-bond donors (Lipinski definition) is 0. The van der Waals surface area contributed by atoms with Gasteiger partial charge in [-0.05, 0) is 47.7 Å². The number of Topliss-reactive ketones (excluding diaryl/α,β-unsaturated/α-hetero) is 2. The van der Waals surface area contributed by atoms with E-state index in [0.717, 1.165) is 22.6 Å². The van der Waals surface area contributed by atoms with Crippen LogP contribution in [-0.2, 0) is 15.0 Å². The molecule has 1 aliphatic rings. The summed E-state index contributed by atoms with van der Waals surface area (Å²) in [5.74, 6) is -4.35. The van der Waals surface area contributed by atoms with Gasteiger partial charge >= 0.3 is 6.36 Å². The molecule has 0 radical (unpaired) electrons. The molecule has 4 rings (SSSR count). The molecule has 1 aliphatic heterocycles. The molecule has 1 fully saturated rings. The molecule has 0 spiro atoms. The number of carbonyl (C=O) groups is 3. The Morgan fingerprint density at radius 2 is 1.51 bits per heavy atom. The van der Waals surface area contributed by atoms with Crippen LogP contribution in [0.4, 0.5) is 19.0 Å². The lowest BCUT2D eigenvalue weighted by atomic mass is 9.83. The highest BCUT2D eigenvalue weighted by molar-refractivity contribution is 6.48. The van der Waals surface area contributed by atoms with Crippen LogP contribution in [0.1, 0.15) is 54.0 Å². The summed E-state index contributed by atoms with van der Waals surface area (Å²) in [6.07, 6.45) is -4.89. The van der Waals surface area contributed by atoms with Crippen molar-refractivity contribution >= 4 is 23.3 Å². The summed E-state index contributed by atoms with van der Waals surface area (Å²) in [7, 11) is 0. The van der Waals surface area contributed by atoms with E-state index in [1.165, 1.54) is 18.2 Å². The van der Waals surface area contributed by atoms with E-state index in [1.54, 1.807) is 37.3 Å². The van der Waals surface area contributed by atoms with Crippen LogP contribution in [0.15, 0.2) is 60.7 Å². The fourth-order valence-electron chi connectivity index (χ4n) is 4.22. The fourth-order valence-corrected chi connectivity index (χ4v) is 4.22. The maximum Gasteiger partial charge on any atom is 0.573 e. The lowest BCUT2D eigenvalue weighted by Crippen LogP contribution is -2.31. The zero-order valence-corrected chi connectivity index (χ0v) is 20.5. The van der Waals surface area contributed by atoms with Gasteiger partial charge in [-0.2, -0.15) is 5.10 Å². The van der Waals surface area contributed by atoms with Gasteiger partial charge in [-0.15, -0.1) is 18.3 Å². The molecular weight excluding hydrogens is 487 g/mol. The molecule has 7 nitrogen and oxygen atoms in total. The summed E-state index contributed by atoms with van der Waals surface area (Å²) in [5, 5.41) is 7.95. The number of benzene rings is 2. The monoisotopic (exact) mass is 511 g/mol. The molecular formula is C27H24F3N3O4. The Hall–Kier alpha value is -4.08. The lowest BCUT2D eigenvalue weighted by Gasteiger charge is -2.26. The molecule has 2 atom stereocenters. The molecule has 1 saturated heterocycles. The van der Waals surface area contributed by atoms with Gasteiger partial charge in [-0.3, -0.25) is 19.3 Å². The van der Waals surface area contributed by atoms with Crippen molar-refractivity contribution in [2.45, 2.75) is 45.5 Å². The molecule has 2 heterocycles. The zero-order chi connectivity index (χ0) is 27.1. The molecule has 2 aromatic carbocycles. The van der Waals surface area contributed by atoms with Gasteiger partial charge < -0.3 is 4.74 Å². The second kappa shape index (κ2) is 9.42. The van der Waals surface area contributed by atoms with E-state index in [9.17, 15) is 27.6 Å². The molecule has 0 saturated carbocycles. The summed E-state index contributed by atoms with van der Waals surface area (Å²) in [5.41, 5.74) is 1.88. The van der Waals surface area contributed by atoms with Gasteiger partial charge in [-0.1, -0.05) is 57.2 Å². The van der Waals surface area contributed by atoms with Gasteiger partial charge in [0.15, 0.2) is 11.6 Å². The van der Waals surface area contributed by atoms with E-state index in [0.29, 0.717) is 5.69 Å². The van der Waals surface area contributed by atoms with E-state index in [1.807, 2.05) is 20.8 Å². The Kier molecular flexibility index (Phi) is 6.62. The molecule has 0 bridgehead atoms. The highest BCUT2D eigenvalue weighted by atomic mass is 19.4. The van der Waals surface area contributed by atoms with Crippen LogP contribution in [0.5, 0.6) is 5.75 Å². The molecule has 0 N–H and O–H groups in total. The van der Waals surface area contributed by atoms with Crippen molar-refractivity contribution in [3.63, 3.8) is 0 Å². The third kappa shape index (κ3) is 5.37. The van der Waals surface area contributed by atoms with E-state index < -0.39 is 41.5 Å². The first-order chi connectivity index (χ1) is 17.3. The summed E-state index contributed by atoms with van der Waals surface area (Å²) in [4.78, 5) is 41.0. The number of hydrogen-bond acceptors (Lipinski definition) is 6. The summed E-state index contributed by atoms with van der Waals surface area (Å²) in [6, 6.07) is 13.4. The first-order valence-electron chi connectivity index (χ1n) is 11.4. The van der Waals surface area contributed by atoms with E-state index >= 15 is 0 Å². The number of anilines is 1. The molecule has 1 aromatic heterocycles. The number of ether oxygens (including phenoxy) is 1. The molecule has 1 amide bonds. The first-order valence-corrected chi connectivity index (χ1v) is 11.4. The number of ketones is 2. The van der Waals surface area contributed by atoms with Crippen molar-refractivity contribution in [1.82, 2.24) is 10.2 Å². The Morgan fingerprint density at radius 3 is 2.03 bits per heavy atom. The third-order valence-electron chi connectivity index (χ3n) is 6.11. The number of alkyl halides is 3. The van der Waals surface area contributed by atoms with Crippen molar-refractivity contribution in [3.8, 4) is 5.75 Å². The van der Waals surface area contributed by atoms with E-state index in [-0.39, 0.29) is 22.4 Å². The van der Waals surface area contributed by atoms with Gasteiger partial charge in [0, 0.05) is 5.56 Å². The number of amides is 1. The van der Waals surface area contributed by atoms with Crippen LogP contribution in [-0.4, -0.2) is 34.0 Å². The van der Waals surface area contributed by atoms with E-state index in [2.05, 4.69) is 14.9 Å². The Balaban J connectivity index is 1.78. The number of aromatic nitrogens is 2. The van der Waals surface area contributed by atoms with Gasteiger partial charge in [0.2, 0.25) is 5.78 Å². The predicted octanol–water partition coefficient (Wildman–Crippen LogP) is 5.14. The standard InChI is InChI=1S/C27H24F3N3O4/c1-15-5-14-20(32-31-15)33-22(16-8-12-19(13-9-16)37-27(28,29)30)21(24(35)25(33)36)23(34)17-6-10-18(11-7-17)26(2,3)4/h5-14,21-22H,1-4H3/t21?,22-/m1/s1. The largest absolute Gasteiger partial charge is 0.573 e. The maximum atomic E-state index is 13.6. The Morgan fingerprint density at radius 1 is 0.892 bits per heavy atom. The second-order valence-corrected chi connectivity index (χ2v) is 9.80. The molecule has 192 valence electrons. The summed E-state index contributed by atoms with van der Waals surface area (Å²) in [6.45, 7) is 7.75. The van der Waals surface area contributed by atoms with Gasteiger partial charge in [-0.25, -0.2) is 0 Å². The highest BCUT2D eigenvalue weighted by Crippen LogP contribution is 2.41. The lowest BCUT2D eigenvalue weighted by molar-refractivity contribution is -0.274. The van der Waals surface area contributed by atoms with Gasteiger partial charge in [0.1, 0.15) is 11.7 Å². The van der Waals surface area contributed by atoms with Crippen molar-refractivity contribution in [2.24, 2.45) is 5.92 Å². The quantitative estimate of drug-likeness (QED) is 0.268. The third-order valence-corrected chi connectivity index (χ3v) is 6.11. The Bertz CT molecular complexity index is 1330. The average molecular weight is 512 g/mol. The van der Waals surface area contributed by atoms with Crippen LogP contribution in [0, 0.1) is 12.8 Å². The fraction of sp³-hybridized carbons (Fsp3) is 0.296. The van der Waals surface area contributed by atoms with Gasteiger partial charge in [0.05, 0.1) is 11.7 Å². The van der Waals surface area contributed by atoms with Crippen molar-refractivity contribution in [3.05, 3.63) is 83.0 Å². The SMILES string of the molecule is Cc1ccc(N2C(=O)C(=O)C(C(=O)c3ccc(C(C)(C)C)cc3)[C@H]2c2ccc(OC(F)(F)F)cc2)nn1. The smallest absolute Gasteiger partial charge is 0.406 e.